The second-order valence-corrected chi connectivity index (χ2v) is 10.1. The number of rotatable bonds is 7. The van der Waals surface area contributed by atoms with Crippen LogP contribution < -0.4 is 4.72 Å². The molecule has 0 spiro atoms. The van der Waals surface area contributed by atoms with Crippen molar-refractivity contribution in [1.29, 1.82) is 0 Å². The third-order valence-corrected chi connectivity index (χ3v) is 7.50. The molecule has 0 aromatic heterocycles. The molecule has 2 aromatic rings. The van der Waals surface area contributed by atoms with Crippen LogP contribution in [0.1, 0.15) is 18.4 Å². The standard InChI is InChI=1S/C18H22N2O4S2/c21-25(22,14-11-16-7-2-1-3-8-16)19-17-9-6-10-18(15-17)26(23,24)20-12-4-5-13-20/h1-3,6-10,15,19H,4-5,11-14H2. The van der Waals surface area contributed by atoms with E-state index in [1.165, 1.54) is 16.4 Å². The predicted molar refractivity (Wildman–Crippen MR) is 102 cm³/mol. The normalized spacial score (nSPS) is 15.8. The van der Waals surface area contributed by atoms with Crippen molar-refractivity contribution in [2.45, 2.75) is 24.2 Å². The Morgan fingerprint density at radius 2 is 1.58 bits per heavy atom. The van der Waals surface area contributed by atoms with Gasteiger partial charge in [0.2, 0.25) is 20.0 Å². The average Bonchev–Trinajstić information content (AvgIpc) is 3.16. The second-order valence-electron chi connectivity index (χ2n) is 6.30. The van der Waals surface area contributed by atoms with Crippen molar-refractivity contribution in [3.8, 4) is 0 Å². The Morgan fingerprint density at radius 1 is 0.885 bits per heavy atom. The summed E-state index contributed by atoms with van der Waals surface area (Å²) in [7, 11) is -7.15. The highest BCUT2D eigenvalue weighted by Crippen LogP contribution is 2.23. The molecule has 0 aliphatic carbocycles. The van der Waals surface area contributed by atoms with Gasteiger partial charge in [-0.2, -0.15) is 4.31 Å². The molecule has 26 heavy (non-hydrogen) atoms. The van der Waals surface area contributed by atoms with Gasteiger partial charge in [-0.1, -0.05) is 36.4 Å². The van der Waals surface area contributed by atoms with E-state index in [9.17, 15) is 16.8 Å². The van der Waals surface area contributed by atoms with Crippen molar-refractivity contribution in [2.24, 2.45) is 0 Å². The highest BCUT2D eigenvalue weighted by Gasteiger charge is 2.27. The fourth-order valence-corrected chi connectivity index (χ4v) is 5.58. The Kier molecular flexibility index (Phi) is 5.64. The molecule has 8 heteroatoms. The molecule has 0 bridgehead atoms. The summed E-state index contributed by atoms with van der Waals surface area (Å²) in [5.74, 6) is -0.0693. The Balaban J connectivity index is 1.71. The number of benzene rings is 2. The molecule has 1 heterocycles. The van der Waals surface area contributed by atoms with Crippen molar-refractivity contribution in [3.63, 3.8) is 0 Å². The zero-order chi connectivity index (χ0) is 18.6. The van der Waals surface area contributed by atoms with Crippen molar-refractivity contribution in [3.05, 3.63) is 60.2 Å². The molecule has 6 nitrogen and oxygen atoms in total. The van der Waals surface area contributed by atoms with Crippen molar-refractivity contribution in [2.75, 3.05) is 23.6 Å². The van der Waals surface area contributed by atoms with Gasteiger partial charge in [0, 0.05) is 18.8 Å². The first-order valence-corrected chi connectivity index (χ1v) is 11.6. The predicted octanol–water partition coefficient (Wildman–Crippen LogP) is 2.46. The number of aryl methyl sites for hydroxylation is 1. The Morgan fingerprint density at radius 3 is 2.27 bits per heavy atom. The van der Waals surface area contributed by atoms with Crippen LogP contribution in [0.5, 0.6) is 0 Å². The van der Waals surface area contributed by atoms with E-state index in [1.54, 1.807) is 12.1 Å². The topological polar surface area (TPSA) is 83.5 Å². The van der Waals surface area contributed by atoms with Gasteiger partial charge >= 0.3 is 0 Å². The lowest BCUT2D eigenvalue weighted by Crippen LogP contribution is -2.28. The lowest BCUT2D eigenvalue weighted by atomic mass is 10.2. The second kappa shape index (κ2) is 7.77. The van der Waals surface area contributed by atoms with Crippen LogP contribution in [0.2, 0.25) is 0 Å². The molecule has 0 amide bonds. The Hall–Kier alpha value is -1.90. The van der Waals surface area contributed by atoms with Crippen LogP contribution in [0.3, 0.4) is 0 Å². The van der Waals surface area contributed by atoms with Gasteiger partial charge in [-0.25, -0.2) is 16.8 Å². The number of hydrogen-bond donors (Lipinski definition) is 1. The Labute approximate surface area is 155 Å². The molecule has 1 aliphatic heterocycles. The molecule has 0 unspecified atom stereocenters. The molecule has 2 aromatic carbocycles. The van der Waals surface area contributed by atoms with Crippen LogP contribution >= 0.6 is 0 Å². The molecule has 1 saturated heterocycles. The highest BCUT2D eigenvalue weighted by atomic mass is 32.2. The summed E-state index contributed by atoms with van der Waals surface area (Å²) in [4.78, 5) is 0.114. The smallest absolute Gasteiger partial charge is 0.243 e. The highest BCUT2D eigenvalue weighted by molar-refractivity contribution is 7.92. The van der Waals surface area contributed by atoms with E-state index in [2.05, 4.69) is 4.72 Å². The van der Waals surface area contributed by atoms with E-state index in [0.717, 1.165) is 18.4 Å². The molecule has 3 rings (SSSR count). The molecular weight excluding hydrogens is 372 g/mol. The third-order valence-electron chi connectivity index (χ3n) is 4.31. The van der Waals surface area contributed by atoms with E-state index in [-0.39, 0.29) is 16.3 Å². The van der Waals surface area contributed by atoms with Gasteiger partial charge in [-0.3, -0.25) is 4.72 Å². The number of nitrogens with zero attached hydrogens (tertiary/aromatic N) is 1. The van der Waals surface area contributed by atoms with Crippen molar-refractivity contribution >= 4 is 25.7 Å². The maximum Gasteiger partial charge on any atom is 0.243 e. The van der Waals surface area contributed by atoms with Gasteiger partial charge in [0.25, 0.3) is 0 Å². The summed E-state index contributed by atoms with van der Waals surface area (Å²) in [6.45, 7) is 1.02. The largest absolute Gasteiger partial charge is 0.284 e. The molecule has 1 N–H and O–H groups in total. The molecule has 0 saturated carbocycles. The summed E-state index contributed by atoms with van der Waals surface area (Å²) < 4.78 is 53.8. The minimum atomic E-state index is -3.57. The first-order chi connectivity index (χ1) is 12.4. The molecular formula is C18H22N2O4S2. The zero-order valence-electron chi connectivity index (χ0n) is 14.3. The third kappa shape index (κ3) is 4.63. The van der Waals surface area contributed by atoms with E-state index in [1.807, 2.05) is 30.3 Å². The lowest BCUT2D eigenvalue weighted by Gasteiger charge is -2.16. The number of anilines is 1. The molecule has 0 atom stereocenters. The van der Waals surface area contributed by atoms with Crippen LogP contribution in [-0.4, -0.2) is 40.0 Å². The summed E-state index contributed by atoms with van der Waals surface area (Å²) in [5.41, 5.74) is 1.20. The maximum absolute atomic E-state index is 12.6. The van der Waals surface area contributed by atoms with Gasteiger partial charge in [0.05, 0.1) is 10.6 Å². The van der Waals surface area contributed by atoms with Gasteiger partial charge in [-0.05, 0) is 43.0 Å². The summed E-state index contributed by atoms with van der Waals surface area (Å²) in [5, 5.41) is 0. The van der Waals surface area contributed by atoms with Gasteiger partial charge < -0.3 is 0 Å². The monoisotopic (exact) mass is 394 g/mol. The van der Waals surface area contributed by atoms with Crippen LogP contribution in [0.15, 0.2) is 59.5 Å². The van der Waals surface area contributed by atoms with Gasteiger partial charge in [0.1, 0.15) is 0 Å². The number of nitrogens with one attached hydrogen (secondary N) is 1. The van der Waals surface area contributed by atoms with E-state index in [4.69, 9.17) is 0 Å². The molecule has 140 valence electrons. The molecule has 0 radical (unpaired) electrons. The molecule has 1 aliphatic rings. The van der Waals surface area contributed by atoms with Crippen LogP contribution in [0, 0.1) is 0 Å². The first-order valence-electron chi connectivity index (χ1n) is 8.51. The van der Waals surface area contributed by atoms with Gasteiger partial charge in [-0.15, -0.1) is 0 Å². The quantitative estimate of drug-likeness (QED) is 0.782. The summed E-state index contributed by atoms with van der Waals surface area (Å²) in [6.07, 6.45) is 2.10. The van der Waals surface area contributed by atoms with Crippen LogP contribution in [0.4, 0.5) is 5.69 Å². The average molecular weight is 395 g/mol. The van der Waals surface area contributed by atoms with Crippen LogP contribution in [0.25, 0.3) is 0 Å². The summed E-state index contributed by atoms with van der Waals surface area (Å²) >= 11 is 0. The van der Waals surface area contributed by atoms with E-state index < -0.39 is 20.0 Å². The van der Waals surface area contributed by atoms with E-state index in [0.29, 0.717) is 19.5 Å². The minimum Gasteiger partial charge on any atom is -0.284 e. The number of hydrogen-bond acceptors (Lipinski definition) is 4. The maximum atomic E-state index is 12.6. The minimum absolute atomic E-state index is 0.0693. The van der Waals surface area contributed by atoms with Crippen molar-refractivity contribution < 1.29 is 16.8 Å². The van der Waals surface area contributed by atoms with Crippen molar-refractivity contribution in [1.82, 2.24) is 4.31 Å². The van der Waals surface area contributed by atoms with Gasteiger partial charge in [0.15, 0.2) is 0 Å². The number of sulfonamides is 2. The van der Waals surface area contributed by atoms with E-state index >= 15 is 0 Å². The summed E-state index contributed by atoms with van der Waals surface area (Å²) in [6, 6.07) is 15.3. The van der Waals surface area contributed by atoms with Crippen LogP contribution in [-0.2, 0) is 26.5 Å². The fraction of sp³-hybridized carbons (Fsp3) is 0.333. The lowest BCUT2D eigenvalue weighted by molar-refractivity contribution is 0.477. The fourth-order valence-electron chi connectivity index (χ4n) is 2.93. The first kappa shape index (κ1) is 18.9. The Bertz CT molecular complexity index is 952. The zero-order valence-corrected chi connectivity index (χ0v) is 16.0. The molecule has 1 fully saturated rings. The SMILES string of the molecule is O=S(=O)(CCc1ccccc1)Nc1cccc(S(=O)(=O)N2CCCC2)c1.